The first-order valence-corrected chi connectivity index (χ1v) is 8.29. The highest BCUT2D eigenvalue weighted by molar-refractivity contribution is 6.31. The zero-order chi connectivity index (χ0) is 16.7. The molecular weight excluding hydrogens is 310 g/mol. The molecular formula is C19H24ClNO2. The molecule has 0 bridgehead atoms. The van der Waals surface area contributed by atoms with Crippen LogP contribution < -0.4 is 10.1 Å². The molecule has 0 amide bonds. The summed E-state index contributed by atoms with van der Waals surface area (Å²) in [4.78, 5) is 0. The number of para-hydroxylation sites is 1. The number of ether oxygens (including phenoxy) is 1. The Kier molecular flexibility index (Phi) is 6.90. The van der Waals surface area contributed by atoms with Gasteiger partial charge < -0.3 is 15.2 Å². The highest BCUT2D eigenvalue weighted by Crippen LogP contribution is 2.34. The second-order valence-electron chi connectivity index (χ2n) is 5.63. The fourth-order valence-corrected chi connectivity index (χ4v) is 2.97. The van der Waals surface area contributed by atoms with Gasteiger partial charge >= 0.3 is 0 Å². The van der Waals surface area contributed by atoms with Gasteiger partial charge in [0.05, 0.1) is 13.2 Å². The van der Waals surface area contributed by atoms with Crippen molar-refractivity contribution < 1.29 is 9.84 Å². The lowest BCUT2D eigenvalue weighted by atomic mass is 9.96. The third-order valence-electron chi connectivity index (χ3n) is 3.91. The van der Waals surface area contributed by atoms with Gasteiger partial charge in [0, 0.05) is 23.2 Å². The van der Waals surface area contributed by atoms with Crippen LogP contribution in [0.5, 0.6) is 5.75 Å². The molecule has 2 aromatic carbocycles. The molecule has 0 aliphatic heterocycles. The first kappa shape index (κ1) is 17.8. The van der Waals surface area contributed by atoms with Gasteiger partial charge in [0.2, 0.25) is 0 Å². The molecule has 0 spiro atoms. The molecule has 0 saturated carbocycles. The summed E-state index contributed by atoms with van der Waals surface area (Å²) >= 11 is 6.43. The van der Waals surface area contributed by atoms with E-state index in [4.69, 9.17) is 21.4 Å². The van der Waals surface area contributed by atoms with E-state index in [-0.39, 0.29) is 18.7 Å². The Bertz CT molecular complexity index is 618. The minimum Gasteiger partial charge on any atom is -0.496 e. The van der Waals surface area contributed by atoms with Crippen LogP contribution in [-0.2, 0) is 0 Å². The van der Waals surface area contributed by atoms with E-state index in [1.807, 2.05) is 42.5 Å². The van der Waals surface area contributed by atoms with Crippen LogP contribution in [-0.4, -0.2) is 24.9 Å². The summed E-state index contributed by atoms with van der Waals surface area (Å²) in [7, 11) is 1.68. The van der Waals surface area contributed by atoms with Crippen LogP contribution >= 0.6 is 11.6 Å². The van der Waals surface area contributed by atoms with Crippen molar-refractivity contribution in [3.8, 4) is 5.75 Å². The van der Waals surface area contributed by atoms with Crippen molar-refractivity contribution in [2.45, 2.75) is 31.8 Å². The molecule has 2 rings (SSSR count). The number of halogens is 1. The summed E-state index contributed by atoms with van der Waals surface area (Å²) in [6.07, 6.45) is 1.67. The molecule has 4 heteroatoms. The van der Waals surface area contributed by atoms with Gasteiger partial charge in [-0.15, -0.1) is 0 Å². The molecule has 2 aromatic rings. The molecule has 2 N–H and O–H groups in total. The van der Waals surface area contributed by atoms with Crippen LogP contribution in [0, 0.1) is 0 Å². The summed E-state index contributed by atoms with van der Waals surface area (Å²) in [5, 5.41) is 13.4. The van der Waals surface area contributed by atoms with Crippen molar-refractivity contribution in [2.75, 3.05) is 13.7 Å². The summed E-state index contributed by atoms with van der Waals surface area (Å²) in [6.45, 7) is 2.33. The Labute approximate surface area is 143 Å². The molecule has 0 aliphatic carbocycles. The van der Waals surface area contributed by atoms with Gasteiger partial charge in [0.1, 0.15) is 5.75 Å². The van der Waals surface area contributed by atoms with E-state index in [9.17, 15) is 0 Å². The maximum Gasteiger partial charge on any atom is 0.123 e. The number of aliphatic hydroxyl groups is 1. The standard InChI is InChI=1S/C19H24ClNO2/c1-14(8-7-13-22)21-19(15-9-3-5-11-17(15)20)16-10-4-6-12-18(16)23-2/h3-6,9-12,14,19,21-22H,7-8,13H2,1-2H3. The average Bonchev–Trinajstić information content (AvgIpc) is 2.58. The van der Waals surface area contributed by atoms with Crippen LogP contribution in [0.2, 0.25) is 5.02 Å². The van der Waals surface area contributed by atoms with Gasteiger partial charge in [-0.05, 0) is 37.5 Å². The number of aliphatic hydroxyl groups excluding tert-OH is 1. The number of methoxy groups -OCH3 is 1. The highest BCUT2D eigenvalue weighted by atomic mass is 35.5. The number of hydrogen-bond donors (Lipinski definition) is 2. The largest absolute Gasteiger partial charge is 0.496 e. The second-order valence-corrected chi connectivity index (χ2v) is 6.04. The second kappa shape index (κ2) is 8.92. The third-order valence-corrected chi connectivity index (χ3v) is 4.26. The summed E-state index contributed by atoms with van der Waals surface area (Å²) < 4.78 is 5.53. The molecule has 0 radical (unpaired) electrons. The summed E-state index contributed by atoms with van der Waals surface area (Å²) in [6, 6.07) is 16.0. The quantitative estimate of drug-likeness (QED) is 0.761. The van der Waals surface area contributed by atoms with Crippen molar-refractivity contribution in [1.82, 2.24) is 5.32 Å². The van der Waals surface area contributed by atoms with Crippen LogP contribution in [0.15, 0.2) is 48.5 Å². The van der Waals surface area contributed by atoms with Gasteiger partial charge in [-0.25, -0.2) is 0 Å². The Morgan fingerprint density at radius 3 is 2.39 bits per heavy atom. The van der Waals surface area contributed by atoms with Crippen LogP contribution in [0.4, 0.5) is 0 Å². The number of nitrogens with one attached hydrogen (secondary N) is 1. The predicted molar refractivity (Wildman–Crippen MR) is 95.2 cm³/mol. The van der Waals surface area contributed by atoms with E-state index in [2.05, 4.69) is 18.3 Å². The predicted octanol–water partition coefficient (Wildman–Crippen LogP) is 4.19. The molecule has 2 atom stereocenters. The smallest absolute Gasteiger partial charge is 0.123 e. The molecule has 23 heavy (non-hydrogen) atoms. The molecule has 124 valence electrons. The van der Waals surface area contributed by atoms with E-state index in [0.717, 1.165) is 34.7 Å². The molecule has 0 fully saturated rings. The van der Waals surface area contributed by atoms with E-state index in [1.165, 1.54) is 0 Å². The number of hydrogen-bond acceptors (Lipinski definition) is 3. The molecule has 3 nitrogen and oxygen atoms in total. The van der Waals surface area contributed by atoms with Crippen LogP contribution in [0.1, 0.15) is 36.9 Å². The Morgan fingerprint density at radius 1 is 1.09 bits per heavy atom. The normalized spacial score (nSPS) is 13.6. The summed E-state index contributed by atoms with van der Waals surface area (Å²) in [5.74, 6) is 0.833. The molecule has 0 heterocycles. The van der Waals surface area contributed by atoms with Crippen molar-refractivity contribution in [2.24, 2.45) is 0 Å². The summed E-state index contributed by atoms with van der Waals surface area (Å²) in [5.41, 5.74) is 2.08. The maximum absolute atomic E-state index is 9.04. The molecule has 0 aromatic heterocycles. The first-order valence-electron chi connectivity index (χ1n) is 7.91. The Hall–Kier alpha value is -1.55. The SMILES string of the molecule is COc1ccccc1C(NC(C)CCCO)c1ccccc1Cl. The van der Waals surface area contributed by atoms with Crippen LogP contribution in [0.3, 0.4) is 0 Å². The lowest BCUT2D eigenvalue weighted by Crippen LogP contribution is -2.32. The van der Waals surface area contributed by atoms with Gasteiger partial charge in [-0.2, -0.15) is 0 Å². The highest BCUT2D eigenvalue weighted by Gasteiger charge is 2.21. The maximum atomic E-state index is 9.04. The van der Waals surface area contributed by atoms with E-state index < -0.39 is 0 Å². The van der Waals surface area contributed by atoms with Crippen molar-refractivity contribution in [1.29, 1.82) is 0 Å². The van der Waals surface area contributed by atoms with E-state index in [0.29, 0.717) is 0 Å². The van der Waals surface area contributed by atoms with Gasteiger partial charge in [0.25, 0.3) is 0 Å². The minimum atomic E-state index is -0.0615. The molecule has 0 saturated heterocycles. The number of rotatable bonds is 8. The fourth-order valence-electron chi connectivity index (χ4n) is 2.73. The van der Waals surface area contributed by atoms with E-state index >= 15 is 0 Å². The lowest BCUT2D eigenvalue weighted by Gasteiger charge is -2.26. The molecule has 0 aliphatic rings. The van der Waals surface area contributed by atoms with Gasteiger partial charge in [0.15, 0.2) is 0 Å². The fraction of sp³-hybridized carbons (Fsp3) is 0.368. The third kappa shape index (κ3) is 4.71. The minimum absolute atomic E-state index is 0.0615. The first-order chi connectivity index (χ1) is 11.2. The van der Waals surface area contributed by atoms with Gasteiger partial charge in [-0.1, -0.05) is 48.0 Å². The zero-order valence-electron chi connectivity index (χ0n) is 13.6. The lowest BCUT2D eigenvalue weighted by molar-refractivity contribution is 0.275. The monoisotopic (exact) mass is 333 g/mol. The zero-order valence-corrected chi connectivity index (χ0v) is 14.4. The average molecular weight is 334 g/mol. The molecule has 2 unspecified atom stereocenters. The van der Waals surface area contributed by atoms with Crippen molar-refractivity contribution in [3.05, 3.63) is 64.7 Å². The van der Waals surface area contributed by atoms with Crippen molar-refractivity contribution >= 4 is 11.6 Å². The van der Waals surface area contributed by atoms with Gasteiger partial charge in [-0.3, -0.25) is 0 Å². The van der Waals surface area contributed by atoms with E-state index in [1.54, 1.807) is 7.11 Å². The Balaban J connectivity index is 2.37. The Morgan fingerprint density at radius 2 is 1.74 bits per heavy atom. The topological polar surface area (TPSA) is 41.5 Å². The van der Waals surface area contributed by atoms with Crippen LogP contribution in [0.25, 0.3) is 0 Å². The number of benzene rings is 2. The van der Waals surface area contributed by atoms with Crippen molar-refractivity contribution in [3.63, 3.8) is 0 Å².